The van der Waals surface area contributed by atoms with Crippen LogP contribution >= 0.6 is 0 Å². The van der Waals surface area contributed by atoms with Crippen LogP contribution in [0.2, 0.25) is 0 Å². The number of ether oxygens (including phenoxy) is 1. The molecule has 2 aromatic rings. The molecule has 1 aliphatic rings. The van der Waals surface area contributed by atoms with E-state index in [1.807, 2.05) is 53.4 Å². The van der Waals surface area contributed by atoms with Crippen molar-refractivity contribution >= 4 is 11.8 Å². The summed E-state index contributed by atoms with van der Waals surface area (Å²) in [6, 6.07) is 17.2. The fourth-order valence-electron chi connectivity index (χ4n) is 3.31. The van der Waals surface area contributed by atoms with E-state index >= 15 is 0 Å². The molecule has 1 heterocycles. The lowest BCUT2D eigenvalue weighted by Crippen LogP contribution is -2.59. The summed E-state index contributed by atoms with van der Waals surface area (Å²) in [6.07, 6.45) is 1.82. The zero-order valence-electron chi connectivity index (χ0n) is 14.3. The molecular formula is C21H21NO3. The Hall–Kier alpha value is -2.72. The molecule has 0 bridgehead atoms. The maximum atomic E-state index is 13.0. The van der Waals surface area contributed by atoms with Crippen molar-refractivity contribution in [2.45, 2.75) is 32.0 Å². The Kier molecular flexibility index (Phi) is 4.81. The highest BCUT2D eigenvalue weighted by atomic mass is 16.5. The molecule has 0 radical (unpaired) electrons. The SMILES string of the molecule is C=CCC1(C(C)=O)C(=O)Oc2ccccc2CN1Cc1ccccc1. The predicted octanol–water partition coefficient (Wildman–Crippen LogP) is 3.51. The number of Topliss-reactive ketones (excluding diaryl/α,β-unsaturated/α-hetero) is 1. The summed E-state index contributed by atoms with van der Waals surface area (Å²) >= 11 is 0. The van der Waals surface area contributed by atoms with Gasteiger partial charge in [0.1, 0.15) is 5.75 Å². The molecule has 0 fully saturated rings. The van der Waals surface area contributed by atoms with Gasteiger partial charge in [-0.3, -0.25) is 9.69 Å². The highest BCUT2D eigenvalue weighted by Gasteiger charge is 2.51. The smallest absolute Gasteiger partial charge is 0.340 e. The van der Waals surface area contributed by atoms with E-state index in [0.29, 0.717) is 18.8 Å². The molecule has 128 valence electrons. The molecule has 1 aliphatic heterocycles. The van der Waals surface area contributed by atoms with Gasteiger partial charge in [-0.05, 0) is 18.6 Å². The van der Waals surface area contributed by atoms with Gasteiger partial charge < -0.3 is 4.74 Å². The molecule has 0 aromatic heterocycles. The van der Waals surface area contributed by atoms with E-state index < -0.39 is 11.5 Å². The van der Waals surface area contributed by atoms with Crippen molar-refractivity contribution in [2.24, 2.45) is 0 Å². The fourth-order valence-corrected chi connectivity index (χ4v) is 3.31. The second-order valence-corrected chi connectivity index (χ2v) is 6.25. The Morgan fingerprint density at radius 1 is 1.20 bits per heavy atom. The zero-order chi connectivity index (χ0) is 17.9. The largest absolute Gasteiger partial charge is 0.424 e. The number of fused-ring (bicyclic) bond motifs is 1. The molecule has 0 amide bonds. The van der Waals surface area contributed by atoms with Crippen LogP contribution in [0.4, 0.5) is 0 Å². The lowest BCUT2D eigenvalue weighted by Gasteiger charge is -2.37. The number of nitrogens with zero attached hydrogens (tertiary/aromatic N) is 1. The minimum Gasteiger partial charge on any atom is -0.424 e. The normalized spacial score (nSPS) is 20.3. The third-order valence-electron chi connectivity index (χ3n) is 4.65. The van der Waals surface area contributed by atoms with E-state index in [1.54, 1.807) is 12.1 Å². The standard InChI is InChI=1S/C21H21NO3/c1-3-13-21(16(2)23)20(24)25-19-12-8-7-11-18(19)15-22(21)14-17-9-5-4-6-10-17/h3-12H,1,13-15H2,2H3. The summed E-state index contributed by atoms with van der Waals surface area (Å²) in [7, 11) is 0. The van der Waals surface area contributed by atoms with Crippen molar-refractivity contribution in [3.63, 3.8) is 0 Å². The zero-order valence-corrected chi connectivity index (χ0v) is 14.3. The second-order valence-electron chi connectivity index (χ2n) is 6.25. The van der Waals surface area contributed by atoms with Crippen LogP contribution in [0.1, 0.15) is 24.5 Å². The van der Waals surface area contributed by atoms with Gasteiger partial charge in [0.2, 0.25) is 0 Å². The third-order valence-corrected chi connectivity index (χ3v) is 4.65. The first kappa shape index (κ1) is 17.1. The molecule has 0 saturated carbocycles. The Morgan fingerprint density at radius 2 is 1.88 bits per heavy atom. The quantitative estimate of drug-likeness (QED) is 0.363. The van der Waals surface area contributed by atoms with Crippen molar-refractivity contribution in [2.75, 3.05) is 0 Å². The lowest BCUT2D eigenvalue weighted by molar-refractivity contribution is -0.154. The Morgan fingerprint density at radius 3 is 2.56 bits per heavy atom. The van der Waals surface area contributed by atoms with Gasteiger partial charge in [-0.15, -0.1) is 6.58 Å². The summed E-state index contributed by atoms with van der Waals surface area (Å²) in [5, 5.41) is 0. The maximum absolute atomic E-state index is 13.0. The Labute approximate surface area is 147 Å². The summed E-state index contributed by atoms with van der Waals surface area (Å²) < 4.78 is 5.61. The number of carbonyl (C=O) groups excluding carboxylic acids is 2. The van der Waals surface area contributed by atoms with Crippen LogP contribution in [-0.2, 0) is 22.7 Å². The summed E-state index contributed by atoms with van der Waals surface area (Å²) in [5.74, 6) is -0.264. The molecule has 2 aromatic carbocycles. The van der Waals surface area contributed by atoms with E-state index in [9.17, 15) is 9.59 Å². The minimum absolute atomic E-state index is 0.210. The monoisotopic (exact) mass is 335 g/mol. The number of benzene rings is 2. The lowest BCUT2D eigenvalue weighted by atomic mass is 9.87. The average molecular weight is 335 g/mol. The second kappa shape index (κ2) is 7.03. The molecule has 0 aliphatic carbocycles. The first-order valence-electron chi connectivity index (χ1n) is 8.29. The fraction of sp³-hybridized carbons (Fsp3) is 0.238. The first-order valence-corrected chi connectivity index (χ1v) is 8.29. The van der Waals surface area contributed by atoms with Crippen LogP contribution in [0.3, 0.4) is 0 Å². The van der Waals surface area contributed by atoms with Gasteiger partial charge in [0, 0.05) is 25.1 Å². The van der Waals surface area contributed by atoms with E-state index in [2.05, 4.69) is 6.58 Å². The molecule has 4 heteroatoms. The van der Waals surface area contributed by atoms with Gasteiger partial charge in [-0.2, -0.15) is 0 Å². The van der Waals surface area contributed by atoms with E-state index in [1.165, 1.54) is 6.92 Å². The van der Waals surface area contributed by atoms with Crippen molar-refractivity contribution in [3.05, 3.63) is 78.4 Å². The molecule has 1 atom stereocenters. The Balaban J connectivity index is 2.10. The number of rotatable bonds is 5. The summed E-state index contributed by atoms with van der Waals surface area (Å²) in [6.45, 7) is 6.11. The molecule has 0 spiro atoms. The van der Waals surface area contributed by atoms with Crippen LogP contribution in [-0.4, -0.2) is 22.2 Å². The summed E-state index contributed by atoms with van der Waals surface area (Å²) in [5.41, 5.74) is 0.555. The van der Waals surface area contributed by atoms with Gasteiger partial charge in [0.05, 0.1) is 0 Å². The average Bonchev–Trinajstić information content (AvgIpc) is 2.72. The van der Waals surface area contributed by atoms with Gasteiger partial charge in [-0.25, -0.2) is 4.79 Å². The predicted molar refractivity (Wildman–Crippen MR) is 96.0 cm³/mol. The van der Waals surface area contributed by atoms with Crippen LogP contribution in [0.5, 0.6) is 5.75 Å². The number of esters is 1. The molecule has 3 rings (SSSR count). The van der Waals surface area contributed by atoms with Crippen LogP contribution in [0.25, 0.3) is 0 Å². The van der Waals surface area contributed by atoms with Crippen molar-refractivity contribution in [1.82, 2.24) is 4.90 Å². The van der Waals surface area contributed by atoms with Gasteiger partial charge in [0.15, 0.2) is 11.3 Å². The molecule has 0 saturated heterocycles. The van der Waals surface area contributed by atoms with Crippen molar-refractivity contribution in [3.8, 4) is 5.75 Å². The maximum Gasteiger partial charge on any atom is 0.340 e. The number of para-hydroxylation sites is 1. The number of hydrogen-bond acceptors (Lipinski definition) is 4. The minimum atomic E-state index is -1.36. The molecule has 25 heavy (non-hydrogen) atoms. The number of carbonyl (C=O) groups is 2. The van der Waals surface area contributed by atoms with Gasteiger partial charge in [0.25, 0.3) is 0 Å². The van der Waals surface area contributed by atoms with Crippen LogP contribution < -0.4 is 4.74 Å². The molecular weight excluding hydrogens is 314 g/mol. The Bertz CT molecular complexity index is 800. The topological polar surface area (TPSA) is 46.6 Å². The highest BCUT2D eigenvalue weighted by Crippen LogP contribution is 2.34. The van der Waals surface area contributed by atoms with E-state index in [4.69, 9.17) is 4.74 Å². The molecule has 4 nitrogen and oxygen atoms in total. The number of ketones is 1. The van der Waals surface area contributed by atoms with Crippen molar-refractivity contribution < 1.29 is 14.3 Å². The molecule has 1 unspecified atom stereocenters. The van der Waals surface area contributed by atoms with E-state index in [0.717, 1.165) is 11.1 Å². The summed E-state index contributed by atoms with van der Waals surface area (Å²) in [4.78, 5) is 27.5. The van der Waals surface area contributed by atoms with Crippen LogP contribution in [0.15, 0.2) is 67.3 Å². The highest BCUT2D eigenvalue weighted by molar-refractivity contribution is 6.08. The first-order chi connectivity index (χ1) is 12.1. The van der Waals surface area contributed by atoms with E-state index in [-0.39, 0.29) is 12.2 Å². The molecule has 0 N–H and O–H groups in total. The number of hydrogen-bond donors (Lipinski definition) is 0. The van der Waals surface area contributed by atoms with Crippen LogP contribution in [0, 0.1) is 0 Å². The third kappa shape index (κ3) is 3.13. The van der Waals surface area contributed by atoms with Gasteiger partial charge >= 0.3 is 5.97 Å². The van der Waals surface area contributed by atoms with Gasteiger partial charge in [-0.1, -0.05) is 54.6 Å². The van der Waals surface area contributed by atoms with Crippen molar-refractivity contribution in [1.29, 1.82) is 0 Å².